The molecular weight excluding hydrogens is 270 g/mol. The maximum atomic E-state index is 11.9. The lowest BCUT2D eigenvalue weighted by Crippen LogP contribution is -2.20. The summed E-state index contributed by atoms with van der Waals surface area (Å²) < 4.78 is 26.0. The van der Waals surface area contributed by atoms with Gasteiger partial charge in [-0.25, -0.2) is 13.1 Å². The standard InChI is InChI=1S/C9H13N7O2S/c1-11-19(17,18)8-4-6(10)2-3-7(8)12-5-9-13-15-16-14-9/h2-4,11-12H,5,10H2,1H3,(H,13,14,15,16). The molecule has 5 N–H and O–H groups in total. The molecule has 19 heavy (non-hydrogen) atoms. The van der Waals surface area contributed by atoms with Gasteiger partial charge in [-0.2, -0.15) is 5.21 Å². The van der Waals surface area contributed by atoms with E-state index in [0.717, 1.165) is 0 Å². The Balaban J connectivity index is 2.30. The van der Waals surface area contributed by atoms with E-state index >= 15 is 0 Å². The summed E-state index contributed by atoms with van der Waals surface area (Å²) in [6, 6.07) is 4.57. The smallest absolute Gasteiger partial charge is 0.242 e. The number of tetrazole rings is 1. The van der Waals surface area contributed by atoms with Crippen molar-refractivity contribution in [2.45, 2.75) is 11.4 Å². The van der Waals surface area contributed by atoms with Crippen LogP contribution in [0.3, 0.4) is 0 Å². The summed E-state index contributed by atoms with van der Waals surface area (Å²) in [5, 5.41) is 16.2. The number of anilines is 2. The first kappa shape index (κ1) is 13.2. The highest BCUT2D eigenvalue weighted by Gasteiger charge is 2.17. The van der Waals surface area contributed by atoms with Gasteiger partial charge in [0.05, 0.1) is 12.2 Å². The molecule has 0 saturated heterocycles. The minimum absolute atomic E-state index is 0.0681. The normalized spacial score (nSPS) is 11.4. The van der Waals surface area contributed by atoms with E-state index in [9.17, 15) is 8.42 Å². The third-order valence-corrected chi connectivity index (χ3v) is 3.84. The fourth-order valence-corrected chi connectivity index (χ4v) is 2.39. The number of hydrogen-bond acceptors (Lipinski definition) is 7. The van der Waals surface area contributed by atoms with E-state index in [-0.39, 0.29) is 11.4 Å². The minimum Gasteiger partial charge on any atom is -0.399 e. The molecule has 0 fully saturated rings. The molecule has 0 unspecified atom stereocenters. The molecule has 2 aromatic rings. The number of nitrogens with zero attached hydrogens (tertiary/aromatic N) is 3. The van der Waals surface area contributed by atoms with E-state index in [0.29, 0.717) is 17.2 Å². The molecule has 0 atom stereocenters. The van der Waals surface area contributed by atoms with Gasteiger partial charge in [0.25, 0.3) is 0 Å². The van der Waals surface area contributed by atoms with E-state index < -0.39 is 10.0 Å². The van der Waals surface area contributed by atoms with Crippen molar-refractivity contribution in [1.29, 1.82) is 0 Å². The highest BCUT2D eigenvalue weighted by atomic mass is 32.2. The van der Waals surface area contributed by atoms with E-state index in [1.165, 1.54) is 13.1 Å². The Kier molecular flexibility index (Phi) is 3.62. The van der Waals surface area contributed by atoms with Crippen molar-refractivity contribution in [1.82, 2.24) is 25.3 Å². The molecule has 102 valence electrons. The molecule has 9 nitrogen and oxygen atoms in total. The molecule has 0 aliphatic carbocycles. The Morgan fingerprint density at radius 2 is 2.21 bits per heavy atom. The summed E-state index contributed by atoms with van der Waals surface area (Å²) in [5.41, 5.74) is 6.38. The monoisotopic (exact) mass is 283 g/mol. The molecule has 0 bridgehead atoms. The lowest BCUT2D eigenvalue weighted by atomic mass is 10.3. The van der Waals surface area contributed by atoms with Crippen LogP contribution in [0.1, 0.15) is 5.82 Å². The molecule has 2 rings (SSSR count). The first-order chi connectivity index (χ1) is 9.03. The van der Waals surface area contributed by atoms with Crippen molar-refractivity contribution in [3.63, 3.8) is 0 Å². The Morgan fingerprint density at radius 1 is 1.42 bits per heavy atom. The van der Waals surface area contributed by atoms with E-state index in [1.807, 2.05) is 0 Å². The van der Waals surface area contributed by atoms with Crippen molar-refractivity contribution < 1.29 is 8.42 Å². The molecule has 0 amide bonds. The average molecular weight is 283 g/mol. The van der Waals surface area contributed by atoms with Gasteiger partial charge in [0, 0.05) is 5.69 Å². The molecule has 1 aromatic heterocycles. The van der Waals surface area contributed by atoms with Gasteiger partial charge in [-0.3, -0.25) is 0 Å². The third kappa shape index (κ3) is 2.98. The van der Waals surface area contributed by atoms with Crippen LogP contribution in [0, 0.1) is 0 Å². The van der Waals surface area contributed by atoms with Gasteiger partial charge in [0.2, 0.25) is 10.0 Å². The maximum Gasteiger partial charge on any atom is 0.242 e. The highest BCUT2D eigenvalue weighted by Crippen LogP contribution is 2.23. The van der Waals surface area contributed by atoms with E-state index in [1.54, 1.807) is 12.1 Å². The molecule has 0 spiro atoms. The van der Waals surface area contributed by atoms with E-state index in [2.05, 4.69) is 30.7 Å². The lowest BCUT2D eigenvalue weighted by Gasteiger charge is -2.11. The van der Waals surface area contributed by atoms with Crippen LogP contribution >= 0.6 is 0 Å². The summed E-state index contributed by atoms with van der Waals surface area (Å²) >= 11 is 0. The predicted molar refractivity (Wildman–Crippen MR) is 68.6 cm³/mol. The van der Waals surface area contributed by atoms with E-state index in [4.69, 9.17) is 5.73 Å². The number of sulfonamides is 1. The molecular formula is C9H13N7O2S. The SMILES string of the molecule is CNS(=O)(=O)c1cc(N)ccc1NCc1nn[nH]n1. The number of nitrogens with one attached hydrogen (secondary N) is 3. The van der Waals surface area contributed by atoms with Gasteiger partial charge >= 0.3 is 0 Å². The van der Waals surface area contributed by atoms with Gasteiger partial charge in [-0.15, -0.1) is 10.2 Å². The fourth-order valence-electron chi connectivity index (χ4n) is 1.45. The molecule has 1 heterocycles. The van der Waals surface area contributed by atoms with Crippen LogP contribution in [0.25, 0.3) is 0 Å². The first-order valence-electron chi connectivity index (χ1n) is 5.32. The number of rotatable bonds is 5. The molecule has 0 radical (unpaired) electrons. The number of aromatic nitrogens is 4. The van der Waals surface area contributed by atoms with Crippen LogP contribution in [0.15, 0.2) is 23.1 Å². The third-order valence-electron chi connectivity index (χ3n) is 2.39. The average Bonchev–Trinajstić information content (AvgIpc) is 2.90. The predicted octanol–water partition coefficient (Wildman–Crippen LogP) is -0.698. The van der Waals surface area contributed by atoms with Crippen molar-refractivity contribution in [2.24, 2.45) is 0 Å². The Labute approximate surface area is 109 Å². The van der Waals surface area contributed by atoms with Crippen molar-refractivity contribution >= 4 is 21.4 Å². The summed E-state index contributed by atoms with van der Waals surface area (Å²) in [6.07, 6.45) is 0. The quantitative estimate of drug-likeness (QED) is 0.532. The molecule has 1 aromatic carbocycles. The second-order valence-corrected chi connectivity index (χ2v) is 5.50. The van der Waals surface area contributed by atoms with Crippen LogP contribution in [0.4, 0.5) is 11.4 Å². The number of nitrogen functional groups attached to an aromatic ring is 1. The summed E-state index contributed by atoms with van der Waals surface area (Å²) in [6.45, 7) is 0.243. The minimum atomic E-state index is -3.60. The van der Waals surface area contributed by atoms with Crippen LogP contribution in [-0.2, 0) is 16.6 Å². The van der Waals surface area contributed by atoms with Gasteiger partial charge in [-0.1, -0.05) is 5.21 Å². The Hall–Kier alpha value is -2.20. The fraction of sp³-hybridized carbons (Fsp3) is 0.222. The van der Waals surface area contributed by atoms with Crippen LogP contribution < -0.4 is 15.8 Å². The molecule has 10 heteroatoms. The number of aromatic amines is 1. The largest absolute Gasteiger partial charge is 0.399 e. The van der Waals surface area contributed by atoms with Crippen LogP contribution in [0.5, 0.6) is 0 Å². The Bertz CT molecular complexity index is 653. The van der Waals surface area contributed by atoms with Crippen molar-refractivity contribution in [3.05, 3.63) is 24.0 Å². The molecule has 0 aliphatic heterocycles. The Morgan fingerprint density at radius 3 is 2.84 bits per heavy atom. The maximum absolute atomic E-state index is 11.9. The zero-order valence-electron chi connectivity index (χ0n) is 10.1. The zero-order chi connectivity index (χ0) is 13.9. The van der Waals surface area contributed by atoms with Gasteiger partial charge in [-0.05, 0) is 25.2 Å². The van der Waals surface area contributed by atoms with Gasteiger partial charge < -0.3 is 11.1 Å². The van der Waals surface area contributed by atoms with Crippen LogP contribution in [-0.4, -0.2) is 36.1 Å². The summed E-state index contributed by atoms with van der Waals surface area (Å²) in [5.74, 6) is 0.421. The lowest BCUT2D eigenvalue weighted by molar-refractivity contribution is 0.588. The van der Waals surface area contributed by atoms with Crippen molar-refractivity contribution in [2.75, 3.05) is 18.1 Å². The second kappa shape index (κ2) is 5.20. The van der Waals surface area contributed by atoms with Crippen LogP contribution in [0.2, 0.25) is 0 Å². The number of hydrogen-bond donors (Lipinski definition) is 4. The molecule has 0 aliphatic rings. The number of nitrogens with two attached hydrogens (primary N) is 1. The first-order valence-corrected chi connectivity index (χ1v) is 6.80. The van der Waals surface area contributed by atoms with Crippen molar-refractivity contribution in [3.8, 4) is 0 Å². The number of H-pyrrole nitrogens is 1. The summed E-state index contributed by atoms with van der Waals surface area (Å²) in [7, 11) is -2.26. The topological polar surface area (TPSA) is 139 Å². The van der Waals surface area contributed by atoms with Gasteiger partial charge in [0.1, 0.15) is 4.90 Å². The second-order valence-electron chi connectivity index (χ2n) is 3.64. The van der Waals surface area contributed by atoms with Gasteiger partial charge in [0.15, 0.2) is 5.82 Å². The highest BCUT2D eigenvalue weighted by molar-refractivity contribution is 7.89. The zero-order valence-corrected chi connectivity index (χ0v) is 10.9. The number of benzene rings is 1. The molecule has 0 saturated carbocycles. The summed E-state index contributed by atoms with van der Waals surface area (Å²) in [4.78, 5) is 0.0681.